The van der Waals surface area contributed by atoms with Crippen molar-refractivity contribution in [1.29, 1.82) is 0 Å². The molecule has 1 saturated heterocycles. The molecule has 0 bridgehead atoms. The van der Waals surface area contributed by atoms with Gasteiger partial charge in [-0.1, -0.05) is 6.07 Å². The molecule has 244 valence electrons. The molecule has 5 aromatic rings. The number of hydrogen-bond acceptors (Lipinski definition) is 5. The summed E-state index contributed by atoms with van der Waals surface area (Å²) in [6.45, 7) is 11.0. The molecule has 0 radical (unpaired) electrons. The number of nitrogens with one attached hydrogen (secondary N) is 1. The number of carbonyl (C=O) groups is 2. The fourth-order valence-electron chi connectivity index (χ4n) is 6.57. The Morgan fingerprint density at radius 3 is 2.36 bits per heavy atom. The second-order valence-corrected chi connectivity index (χ2v) is 13.4. The van der Waals surface area contributed by atoms with E-state index in [1.54, 1.807) is 18.3 Å². The summed E-state index contributed by atoms with van der Waals surface area (Å²) < 4.78 is 22.7. The largest absolute Gasteiger partial charge is 0.465 e. The third-order valence-corrected chi connectivity index (χ3v) is 9.15. The fraction of sp³-hybridized carbons (Fsp3) is 0.342. The summed E-state index contributed by atoms with van der Waals surface area (Å²) in [6, 6.07) is 19.9. The summed E-state index contributed by atoms with van der Waals surface area (Å²) in [7, 11) is 1.40. The van der Waals surface area contributed by atoms with Crippen LogP contribution in [0.15, 0.2) is 79.1 Å². The van der Waals surface area contributed by atoms with Crippen molar-refractivity contribution in [2.45, 2.75) is 59.0 Å². The van der Waals surface area contributed by atoms with Crippen molar-refractivity contribution in [2.24, 2.45) is 5.92 Å². The van der Waals surface area contributed by atoms with Gasteiger partial charge < -0.3 is 19.5 Å². The van der Waals surface area contributed by atoms with Crippen molar-refractivity contribution in [3.8, 4) is 11.3 Å². The zero-order valence-corrected chi connectivity index (χ0v) is 27.7. The van der Waals surface area contributed by atoms with Crippen LogP contribution >= 0.6 is 0 Å². The molecule has 0 unspecified atom stereocenters. The highest BCUT2D eigenvalue weighted by Gasteiger charge is 2.26. The number of piperidine rings is 1. The van der Waals surface area contributed by atoms with Crippen LogP contribution in [-0.2, 0) is 16.8 Å². The number of aromatic nitrogens is 3. The molecule has 8 nitrogen and oxygen atoms in total. The molecular formula is C38H42FN5O3. The van der Waals surface area contributed by atoms with Crippen molar-refractivity contribution in [1.82, 2.24) is 14.3 Å². The summed E-state index contributed by atoms with van der Waals surface area (Å²) in [5.41, 5.74) is 6.13. The van der Waals surface area contributed by atoms with E-state index in [2.05, 4.69) is 39.1 Å². The number of amides is 1. The van der Waals surface area contributed by atoms with Gasteiger partial charge in [-0.3, -0.25) is 9.48 Å². The number of rotatable bonds is 8. The van der Waals surface area contributed by atoms with Crippen LogP contribution in [0, 0.1) is 18.7 Å². The lowest BCUT2D eigenvalue weighted by atomic mass is 9.93. The van der Waals surface area contributed by atoms with E-state index in [1.807, 2.05) is 61.9 Å². The highest BCUT2D eigenvalue weighted by molar-refractivity contribution is 6.08. The van der Waals surface area contributed by atoms with E-state index in [4.69, 9.17) is 4.74 Å². The van der Waals surface area contributed by atoms with Crippen molar-refractivity contribution < 1.29 is 18.7 Å². The highest BCUT2D eigenvalue weighted by atomic mass is 19.1. The van der Waals surface area contributed by atoms with Gasteiger partial charge in [-0.05, 0) is 119 Å². The van der Waals surface area contributed by atoms with Crippen LogP contribution in [0.3, 0.4) is 0 Å². The van der Waals surface area contributed by atoms with Gasteiger partial charge in [-0.25, -0.2) is 9.18 Å². The van der Waals surface area contributed by atoms with Crippen LogP contribution in [0.2, 0.25) is 0 Å². The molecule has 2 aromatic heterocycles. The van der Waals surface area contributed by atoms with Gasteiger partial charge in [0.1, 0.15) is 5.82 Å². The molecule has 0 spiro atoms. The number of ether oxygens (including phenoxy) is 1. The lowest BCUT2D eigenvalue weighted by molar-refractivity contribution is 0.0600. The summed E-state index contributed by atoms with van der Waals surface area (Å²) in [6.07, 6.45) is 7.08. The van der Waals surface area contributed by atoms with E-state index in [1.165, 1.54) is 30.2 Å². The van der Waals surface area contributed by atoms with Crippen molar-refractivity contribution in [2.75, 3.05) is 30.4 Å². The Morgan fingerprint density at radius 1 is 1.00 bits per heavy atom. The lowest BCUT2D eigenvalue weighted by Crippen LogP contribution is -2.33. The molecule has 0 aliphatic carbocycles. The van der Waals surface area contributed by atoms with Crippen molar-refractivity contribution in [3.63, 3.8) is 0 Å². The Hall–Kier alpha value is -4.92. The summed E-state index contributed by atoms with van der Waals surface area (Å²) in [5.74, 6) is -0.296. The topological polar surface area (TPSA) is 81.4 Å². The van der Waals surface area contributed by atoms with Crippen LogP contribution in [0.25, 0.3) is 22.2 Å². The molecular weight excluding hydrogens is 593 g/mol. The molecule has 3 heterocycles. The predicted molar refractivity (Wildman–Crippen MR) is 185 cm³/mol. The Morgan fingerprint density at radius 2 is 1.70 bits per heavy atom. The van der Waals surface area contributed by atoms with Crippen LogP contribution in [-0.4, -0.2) is 46.4 Å². The summed E-state index contributed by atoms with van der Waals surface area (Å²) in [4.78, 5) is 27.8. The number of esters is 1. The summed E-state index contributed by atoms with van der Waals surface area (Å²) in [5, 5.41) is 8.83. The molecule has 0 saturated carbocycles. The van der Waals surface area contributed by atoms with Gasteiger partial charge in [-0.2, -0.15) is 5.10 Å². The lowest BCUT2D eigenvalue weighted by Gasteiger charge is -2.33. The van der Waals surface area contributed by atoms with Gasteiger partial charge in [0.05, 0.1) is 41.2 Å². The first-order valence-electron chi connectivity index (χ1n) is 16.2. The molecule has 1 fully saturated rings. The number of anilines is 2. The molecule has 1 amide bonds. The zero-order valence-electron chi connectivity index (χ0n) is 27.7. The van der Waals surface area contributed by atoms with Gasteiger partial charge in [0.2, 0.25) is 0 Å². The van der Waals surface area contributed by atoms with E-state index >= 15 is 0 Å². The maximum atomic E-state index is 13.7. The number of fused-ring (bicyclic) bond motifs is 1. The SMILES string of the molecule is COC(=O)c1ccc(N2CCC(CCn3cc(C)c4ccc(NC(=O)c5cnn(C(C)(C)C)c5-c5ccc(F)cc5)cc43)CC2)cc1. The van der Waals surface area contributed by atoms with Gasteiger partial charge in [0, 0.05) is 48.2 Å². The number of aryl methyl sites for hydroxylation is 2. The monoisotopic (exact) mass is 635 g/mol. The predicted octanol–water partition coefficient (Wildman–Crippen LogP) is 8.05. The van der Waals surface area contributed by atoms with Crippen LogP contribution in [0.4, 0.5) is 15.8 Å². The molecule has 0 atom stereocenters. The third kappa shape index (κ3) is 6.80. The number of halogens is 1. The Labute approximate surface area is 275 Å². The van der Waals surface area contributed by atoms with Gasteiger partial charge in [0.25, 0.3) is 5.91 Å². The van der Waals surface area contributed by atoms with Gasteiger partial charge in [0.15, 0.2) is 0 Å². The van der Waals surface area contributed by atoms with E-state index in [0.29, 0.717) is 28.4 Å². The molecule has 6 rings (SSSR count). The quantitative estimate of drug-likeness (QED) is 0.175. The Balaban J connectivity index is 1.14. The first-order chi connectivity index (χ1) is 22.5. The number of benzene rings is 3. The first-order valence-corrected chi connectivity index (χ1v) is 16.2. The molecule has 3 aromatic carbocycles. The van der Waals surface area contributed by atoms with Crippen molar-refractivity contribution >= 4 is 34.2 Å². The normalized spacial score (nSPS) is 14.0. The van der Waals surface area contributed by atoms with E-state index in [9.17, 15) is 14.0 Å². The second kappa shape index (κ2) is 13.1. The highest BCUT2D eigenvalue weighted by Crippen LogP contribution is 2.32. The molecule has 1 N–H and O–H groups in total. The first kappa shape index (κ1) is 32.0. The minimum atomic E-state index is -0.381. The Bertz CT molecular complexity index is 1890. The van der Waals surface area contributed by atoms with Crippen LogP contribution in [0.5, 0.6) is 0 Å². The minimum Gasteiger partial charge on any atom is -0.465 e. The van der Waals surface area contributed by atoms with Gasteiger partial charge in [-0.15, -0.1) is 0 Å². The average Bonchev–Trinajstić information content (AvgIpc) is 3.66. The number of nitrogens with zero attached hydrogens (tertiary/aromatic N) is 4. The molecule has 1 aliphatic rings. The van der Waals surface area contributed by atoms with E-state index in [0.717, 1.165) is 55.7 Å². The maximum Gasteiger partial charge on any atom is 0.337 e. The number of carbonyl (C=O) groups excluding carboxylic acids is 2. The molecule has 9 heteroatoms. The minimum absolute atomic E-state index is 0.263. The molecule has 1 aliphatic heterocycles. The number of methoxy groups -OCH3 is 1. The molecule has 47 heavy (non-hydrogen) atoms. The fourth-order valence-corrected chi connectivity index (χ4v) is 6.57. The van der Waals surface area contributed by atoms with Crippen molar-refractivity contribution in [3.05, 3.63) is 102 Å². The van der Waals surface area contributed by atoms with E-state index < -0.39 is 0 Å². The second-order valence-electron chi connectivity index (χ2n) is 13.4. The van der Waals surface area contributed by atoms with E-state index in [-0.39, 0.29) is 23.2 Å². The number of hydrogen-bond donors (Lipinski definition) is 1. The third-order valence-electron chi connectivity index (χ3n) is 9.15. The van der Waals surface area contributed by atoms with Crippen LogP contribution < -0.4 is 10.2 Å². The standard InChI is InChI=1S/C38H42FN5O3/c1-25-24-43(21-18-26-16-19-42(20-17-26)31-13-8-28(9-14-31)37(46)47-5)34-22-30(12-15-32(25)34)41-36(45)33-23-40-44(38(2,3)4)35(33)27-6-10-29(39)11-7-27/h6-15,22-24,26H,16-21H2,1-5H3,(H,41,45). The Kier molecular flexibility index (Phi) is 8.90. The van der Waals surface area contributed by atoms with Gasteiger partial charge >= 0.3 is 5.97 Å². The summed E-state index contributed by atoms with van der Waals surface area (Å²) >= 11 is 0. The smallest absolute Gasteiger partial charge is 0.337 e. The average molecular weight is 636 g/mol. The zero-order chi connectivity index (χ0) is 33.3. The van der Waals surface area contributed by atoms with Crippen LogP contribution in [0.1, 0.15) is 66.3 Å². The maximum absolute atomic E-state index is 13.7.